The summed E-state index contributed by atoms with van der Waals surface area (Å²) >= 11 is 2.11. The van der Waals surface area contributed by atoms with Crippen molar-refractivity contribution >= 4 is 22.6 Å². The van der Waals surface area contributed by atoms with E-state index < -0.39 is 6.36 Å². The average molecular weight is 391 g/mol. The second-order valence-electron chi connectivity index (χ2n) is 4.13. The van der Waals surface area contributed by atoms with Crippen LogP contribution in [0.4, 0.5) is 13.2 Å². The molecular formula is C15H11F3IO-. The molecule has 20 heavy (non-hydrogen) atoms. The van der Waals surface area contributed by atoms with Crippen LogP contribution in [-0.4, -0.2) is 6.36 Å². The van der Waals surface area contributed by atoms with E-state index in [1.807, 2.05) is 34.8 Å². The van der Waals surface area contributed by atoms with Gasteiger partial charge in [-0.05, 0) is 12.1 Å². The predicted octanol–water partition coefficient (Wildman–Crippen LogP) is 5.31. The quantitative estimate of drug-likeness (QED) is 0.507. The van der Waals surface area contributed by atoms with Crippen LogP contribution in [0.1, 0.15) is 17.0 Å². The topological polar surface area (TPSA) is 9.23 Å². The van der Waals surface area contributed by atoms with Crippen molar-refractivity contribution in [2.75, 3.05) is 0 Å². The molecule has 0 aliphatic rings. The summed E-state index contributed by atoms with van der Waals surface area (Å²) in [5, 5.41) is 0. The van der Waals surface area contributed by atoms with Crippen LogP contribution in [0.2, 0.25) is 0 Å². The molecule has 0 saturated carbocycles. The predicted molar refractivity (Wildman–Crippen MR) is 79.7 cm³/mol. The summed E-state index contributed by atoms with van der Waals surface area (Å²) in [4.78, 5) is 0. The first kappa shape index (κ1) is 15.2. The second kappa shape index (κ2) is 6.47. The molecule has 0 radical (unpaired) electrons. The molecule has 0 aliphatic heterocycles. The molecule has 0 aromatic heterocycles. The van der Waals surface area contributed by atoms with Crippen molar-refractivity contribution in [3.05, 3.63) is 70.2 Å². The molecule has 1 unspecified atom stereocenters. The van der Waals surface area contributed by atoms with Crippen molar-refractivity contribution in [1.82, 2.24) is 0 Å². The Hall–Kier alpha value is -1.24. The van der Waals surface area contributed by atoms with Gasteiger partial charge in [-0.3, -0.25) is 4.43 Å². The molecule has 0 N–H and O–H groups in total. The van der Waals surface area contributed by atoms with E-state index in [0.29, 0.717) is 0 Å². The third kappa shape index (κ3) is 4.13. The lowest BCUT2D eigenvalue weighted by atomic mass is 9.93. The fraction of sp³-hybridized carbons (Fsp3) is 0.133. The van der Waals surface area contributed by atoms with Gasteiger partial charge in [0.15, 0.2) is 0 Å². The Kier molecular flexibility index (Phi) is 4.91. The van der Waals surface area contributed by atoms with Gasteiger partial charge < -0.3 is 27.3 Å². The Balaban J connectivity index is 2.29. The van der Waals surface area contributed by atoms with E-state index in [9.17, 15) is 13.2 Å². The zero-order chi connectivity index (χ0) is 14.6. The first-order valence-electron chi connectivity index (χ1n) is 5.84. The third-order valence-electron chi connectivity index (χ3n) is 2.74. The highest BCUT2D eigenvalue weighted by Gasteiger charge is 2.31. The van der Waals surface area contributed by atoms with Gasteiger partial charge in [0.25, 0.3) is 0 Å². The van der Waals surface area contributed by atoms with Crippen LogP contribution in [-0.2, 0) is 0 Å². The fourth-order valence-electron chi connectivity index (χ4n) is 1.90. The molecule has 2 rings (SSSR count). The molecule has 0 spiro atoms. The maximum Gasteiger partial charge on any atom is 0.573 e. The van der Waals surface area contributed by atoms with E-state index in [0.717, 1.165) is 11.1 Å². The number of halogens is 4. The monoisotopic (exact) mass is 391 g/mol. The Bertz CT molecular complexity index is 555. The molecule has 5 heteroatoms. The molecule has 0 amide bonds. The van der Waals surface area contributed by atoms with E-state index in [1.165, 1.54) is 12.1 Å². The lowest BCUT2D eigenvalue weighted by molar-refractivity contribution is -0.274. The van der Waals surface area contributed by atoms with Gasteiger partial charge >= 0.3 is 6.36 Å². The minimum absolute atomic E-state index is 0.0754. The lowest BCUT2D eigenvalue weighted by Gasteiger charge is -2.24. The van der Waals surface area contributed by atoms with Crippen LogP contribution in [0, 0.1) is 4.43 Å². The van der Waals surface area contributed by atoms with Crippen molar-refractivity contribution < 1.29 is 17.9 Å². The van der Waals surface area contributed by atoms with E-state index >= 15 is 0 Å². The average Bonchev–Trinajstić information content (AvgIpc) is 2.39. The van der Waals surface area contributed by atoms with Crippen LogP contribution < -0.4 is 4.74 Å². The van der Waals surface area contributed by atoms with Gasteiger partial charge in [-0.15, -0.1) is 19.1 Å². The molecule has 0 fully saturated rings. The van der Waals surface area contributed by atoms with Gasteiger partial charge in [0.1, 0.15) is 5.75 Å². The van der Waals surface area contributed by atoms with Gasteiger partial charge in [0.2, 0.25) is 0 Å². The van der Waals surface area contributed by atoms with Gasteiger partial charge in [-0.2, -0.15) is 0 Å². The van der Waals surface area contributed by atoms with E-state index in [2.05, 4.69) is 27.3 Å². The van der Waals surface area contributed by atoms with Crippen LogP contribution >= 0.6 is 22.6 Å². The Morgan fingerprint density at radius 3 is 2.20 bits per heavy atom. The number of hydrogen-bond acceptors (Lipinski definition) is 1. The first-order chi connectivity index (χ1) is 9.49. The van der Waals surface area contributed by atoms with E-state index in [-0.39, 0.29) is 11.7 Å². The van der Waals surface area contributed by atoms with Crippen molar-refractivity contribution in [3.8, 4) is 5.75 Å². The Morgan fingerprint density at radius 1 is 0.950 bits per heavy atom. The van der Waals surface area contributed by atoms with Crippen LogP contribution in [0.15, 0.2) is 54.6 Å². The molecule has 1 atom stereocenters. The van der Waals surface area contributed by atoms with Gasteiger partial charge in [-0.1, -0.05) is 53.6 Å². The summed E-state index contributed by atoms with van der Waals surface area (Å²) < 4.78 is 42.6. The fourth-order valence-corrected chi connectivity index (χ4v) is 2.73. The summed E-state index contributed by atoms with van der Waals surface area (Å²) in [6.45, 7) is 0. The third-order valence-corrected chi connectivity index (χ3v) is 3.45. The minimum Gasteiger partial charge on any atom is -0.406 e. The zero-order valence-electron chi connectivity index (χ0n) is 10.3. The van der Waals surface area contributed by atoms with E-state index in [4.69, 9.17) is 0 Å². The molecule has 106 valence electrons. The maximum absolute atomic E-state index is 12.2. The highest BCUT2D eigenvalue weighted by atomic mass is 127. The number of ether oxygens (including phenoxy) is 1. The second-order valence-corrected chi connectivity index (χ2v) is 4.85. The highest BCUT2D eigenvalue weighted by Crippen LogP contribution is 2.32. The molecule has 0 saturated heterocycles. The van der Waals surface area contributed by atoms with Crippen LogP contribution in [0.5, 0.6) is 5.75 Å². The standard InChI is InChI=1S/C15H11F3IO/c16-15(17,18)20-13-8-4-7-12(9-13)14(10-19)11-5-2-1-3-6-11/h1-10,14H/q-1. The lowest BCUT2D eigenvalue weighted by Crippen LogP contribution is -2.17. The maximum atomic E-state index is 12.2. The molecule has 2 aromatic carbocycles. The van der Waals surface area contributed by atoms with Crippen molar-refractivity contribution in [2.24, 2.45) is 0 Å². The summed E-state index contributed by atoms with van der Waals surface area (Å²) in [5.74, 6) is -0.275. The molecule has 0 heterocycles. The van der Waals surface area contributed by atoms with E-state index in [1.54, 1.807) is 12.1 Å². The van der Waals surface area contributed by atoms with Crippen molar-refractivity contribution in [3.63, 3.8) is 0 Å². The zero-order valence-corrected chi connectivity index (χ0v) is 12.4. The molecular weight excluding hydrogens is 380 g/mol. The summed E-state index contributed by atoms with van der Waals surface area (Å²) in [6.07, 6.45) is -4.67. The van der Waals surface area contributed by atoms with Crippen molar-refractivity contribution in [1.29, 1.82) is 0 Å². The number of alkyl halides is 3. The van der Waals surface area contributed by atoms with Gasteiger partial charge in [0.05, 0.1) is 0 Å². The summed E-state index contributed by atoms with van der Waals surface area (Å²) in [6, 6.07) is 15.7. The summed E-state index contributed by atoms with van der Waals surface area (Å²) in [5.41, 5.74) is 1.78. The Morgan fingerprint density at radius 2 is 1.60 bits per heavy atom. The number of rotatable bonds is 4. The van der Waals surface area contributed by atoms with Crippen LogP contribution in [0.25, 0.3) is 0 Å². The first-order valence-corrected chi connectivity index (χ1v) is 7.08. The number of benzene rings is 2. The molecule has 2 aromatic rings. The largest absolute Gasteiger partial charge is 0.573 e. The minimum atomic E-state index is -4.67. The SMILES string of the molecule is FC(F)(F)Oc1cccc(C([CH-]I)c2ccccc2)c1. The molecule has 1 nitrogen and oxygen atoms in total. The molecule has 0 aliphatic carbocycles. The van der Waals surface area contributed by atoms with Crippen molar-refractivity contribution in [2.45, 2.75) is 12.3 Å². The Labute approximate surface area is 128 Å². The number of hydrogen-bond donors (Lipinski definition) is 0. The normalized spacial score (nSPS) is 13.0. The molecule has 0 bridgehead atoms. The van der Waals surface area contributed by atoms with Gasteiger partial charge in [0, 0.05) is 0 Å². The smallest absolute Gasteiger partial charge is 0.406 e. The summed E-state index contributed by atoms with van der Waals surface area (Å²) in [7, 11) is 0. The highest BCUT2D eigenvalue weighted by molar-refractivity contribution is 14.1. The van der Waals surface area contributed by atoms with Gasteiger partial charge in [-0.25, -0.2) is 0 Å². The van der Waals surface area contributed by atoms with Crippen LogP contribution in [0.3, 0.4) is 0 Å².